The van der Waals surface area contributed by atoms with Gasteiger partial charge in [-0.2, -0.15) is 0 Å². The number of carbonyl (C=O) groups excluding carboxylic acids is 4. The highest BCUT2D eigenvalue weighted by Crippen LogP contribution is 2.24. The number of alkyl carbamates (subject to hydrolysis) is 1. The summed E-state index contributed by atoms with van der Waals surface area (Å²) >= 11 is 0. The first-order valence-electron chi connectivity index (χ1n) is 9.58. The molecule has 0 radical (unpaired) electrons. The number of aliphatic hydroxyl groups is 1. The molecule has 9 nitrogen and oxygen atoms in total. The number of nitrogens with two attached hydrogens (primary N) is 1. The van der Waals surface area contributed by atoms with Crippen LogP contribution < -0.4 is 16.4 Å². The number of carbonyl (C=O) groups is 4. The second-order valence-corrected chi connectivity index (χ2v) is 7.14. The van der Waals surface area contributed by atoms with Crippen LogP contribution in [0.25, 0.3) is 0 Å². The maximum atomic E-state index is 12.1. The summed E-state index contributed by atoms with van der Waals surface area (Å²) < 4.78 is 5.01. The molecule has 0 bridgehead atoms. The molecule has 1 aliphatic carbocycles. The minimum atomic E-state index is -1.17. The summed E-state index contributed by atoms with van der Waals surface area (Å²) in [6.45, 7) is -0.103. The molecule has 1 saturated carbocycles. The van der Waals surface area contributed by atoms with E-state index in [-0.39, 0.29) is 37.7 Å². The molecule has 0 aliphatic heterocycles. The van der Waals surface area contributed by atoms with Crippen molar-refractivity contribution in [2.45, 2.75) is 50.9 Å². The van der Waals surface area contributed by atoms with Crippen molar-refractivity contribution in [3.8, 4) is 0 Å². The molecular formula is C20H27N3O6. The van der Waals surface area contributed by atoms with E-state index in [0.29, 0.717) is 19.3 Å². The summed E-state index contributed by atoms with van der Waals surface area (Å²) in [5.41, 5.74) is 6.19. The van der Waals surface area contributed by atoms with Gasteiger partial charge in [0.2, 0.25) is 11.8 Å². The summed E-state index contributed by atoms with van der Waals surface area (Å²) in [5.74, 6) is -1.59. The Labute approximate surface area is 169 Å². The van der Waals surface area contributed by atoms with E-state index in [1.165, 1.54) is 0 Å². The third-order valence-electron chi connectivity index (χ3n) is 4.73. The Balaban J connectivity index is 1.72. The summed E-state index contributed by atoms with van der Waals surface area (Å²) in [6.07, 6.45) is -0.266. The number of rotatable bonds is 9. The van der Waals surface area contributed by atoms with Crippen LogP contribution in [0.4, 0.5) is 4.79 Å². The van der Waals surface area contributed by atoms with E-state index in [9.17, 15) is 24.3 Å². The number of benzene rings is 1. The normalized spacial score (nSPS) is 18.4. The van der Waals surface area contributed by atoms with E-state index in [0.717, 1.165) is 5.56 Å². The first-order valence-corrected chi connectivity index (χ1v) is 9.58. The second-order valence-electron chi connectivity index (χ2n) is 7.14. The molecule has 3 atom stereocenters. The van der Waals surface area contributed by atoms with Gasteiger partial charge in [-0.15, -0.1) is 0 Å². The fourth-order valence-corrected chi connectivity index (χ4v) is 3.26. The lowest BCUT2D eigenvalue weighted by Crippen LogP contribution is -2.51. The van der Waals surface area contributed by atoms with Gasteiger partial charge in [0.15, 0.2) is 0 Å². The standard InChI is InChI=1S/C20H27N3O6/c21-19(27)18(14-7-4-8-15(24)9-14)23-17(26)10-16(25)11-22-20(28)29-12-13-5-2-1-3-6-13/h1-3,5-6,14,16,18,25H,4,7-12H2,(H2,21,27)(H,22,28)(H,23,26)/t14-,16-,18+/m0/s1. The van der Waals surface area contributed by atoms with E-state index in [2.05, 4.69) is 10.6 Å². The molecule has 5 N–H and O–H groups in total. The molecule has 0 heterocycles. The van der Waals surface area contributed by atoms with E-state index >= 15 is 0 Å². The van der Waals surface area contributed by atoms with Crippen molar-refractivity contribution < 1.29 is 29.0 Å². The van der Waals surface area contributed by atoms with Gasteiger partial charge >= 0.3 is 6.09 Å². The zero-order chi connectivity index (χ0) is 21.2. The molecule has 0 aromatic heterocycles. The number of hydrogen-bond donors (Lipinski definition) is 4. The minimum Gasteiger partial charge on any atom is -0.445 e. The van der Waals surface area contributed by atoms with Crippen molar-refractivity contribution in [1.82, 2.24) is 10.6 Å². The average Bonchev–Trinajstić information content (AvgIpc) is 2.69. The number of hydrogen-bond acceptors (Lipinski definition) is 6. The van der Waals surface area contributed by atoms with Crippen LogP contribution in [0.3, 0.4) is 0 Å². The first kappa shape index (κ1) is 22.4. The van der Waals surface area contributed by atoms with Gasteiger partial charge in [0.1, 0.15) is 18.4 Å². The Bertz CT molecular complexity index is 724. The second kappa shape index (κ2) is 11.2. The molecule has 3 amide bonds. The number of aliphatic hydroxyl groups excluding tert-OH is 1. The number of ether oxygens (including phenoxy) is 1. The highest BCUT2D eigenvalue weighted by Gasteiger charge is 2.32. The van der Waals surface area contributed by atoms with Crippen LogP contribution in [-0.4, -0.2) is 47.5 Å². The Hall–Kier alpha value is -2.94. The summed E-state index contributed by atoms with van der Waals surface area (Å²) in [5, 5.41) is 14.8. The summed E-state index contributed by atoms with van der Waals surface area (Å²) in [4.78, 5) is 47.1. The molecule has 0 unspecified atom stereocenters. The Morgan fingerprint density at radius 2 is 1.97 bits per heavy atom. The molecule has 2 rings (SSSR count). The predicted molar refractivity (Wildman–Crippen MR) is 103 cm³/mol. The monoisotopic (exact) mass is 405 g/mol. The Kier molecular flexibility index (Phi) is 8.60. The van der Waals surface area contributed by atoms with Gasteiger partial charge in [0.05, 0.1) is 12.5 Å². The van der Waals surface area contributed by atoms with Gasteiger partial charge < -0.3 is 26.2 Å². The molecule has 1 aromatic carbocycles. The zero-order valence-corrected chi connectivity index (χ0v) is 16.1. The molecule has 158 valence electrons. The van der Waals surface area contributed by atoms with E-state index in [4.69, 9.17) is 10.5 Å². The van der Waals surface area contributed by atoms with Gasteiger partial charge in [0, 0.05) is 19.4 Å². The third-order valence-corrected chi connectivity index (χ3v) is 4.73. The number of Topliss-reactive ketones (excluding diaryl/α,β-unsaturated/α-hetero) is 1. The minimum absolute atomic E-state index is 0.0417. The van der Waals surface area contributed by atoms with Crippen molar-refractivity contribution in [2.75, 3.05) is 6.54 Å². The maximum absolute atomic E-state index is 12.1. The fourth-order valence-electron chi connectivity index (χ4n) is 3.26. The van der Waals surface area contributed by atoms with Crippen LogP contribution in [0, 0.1) is 5.92 Å². The molecular weight excluding hydrogens is 378 g/mol. The first-order chi connectivity index (χ1) is 13.8. The van der Waals surface area contributed by atoms with Crippen LogP contribution in [0.1, 0.15) is 37.7 Å². The number of primary amides is 1. The smallest absolute Gasteiger partial charge is 0.407 e. The number of ketones is 1. The van der Waals surface area contributed by atoms with Crippen molar-refractivity contribution in [1.29, 1.82) is 0 Å². The lowest BCUT2D eigenvalue weighted by atomic mass is 9.83. The van der Waals surface area contributed by atoms with E-state index < -0.39 is 30.1 Å². The van der Waals surface area contributed by atoms with Crippen molar-refractivity contribution in [3.05, 3.63) is 35.9 Å². The maximum Gasteiger partial charge on any atom is 0.407 e. The van der Waals surface area contributed by atoms with Crippen LogP contribution in [0.5, 0.6) is 0 Å². The molecule has 0 saturated heterocycles. The zero-order valence-electron chi connectivity index (χ0n) is 16.1. The fraction of sp³-hybridized carbons (Fsp3) is 0.500. The summed E-state index contributed by atoms with van der Waals surface area (Å²) in [7, 11) is 0. The Morgan fingerprint density at radius 3 is 2.62 bits per heavy atom. The largest absolute Gasteiger partial charge is 0.445 e. The van der Waals surface area contributed by atoms with Crippen molar-refractivity contribution in [3.63, 3.8) is 0 Å². The lowest BCUT2D eigenvalue weighted by molar-refractivity contribution is -0.131. The van der Waals surface area contributed by atoms with Gasteiger partial charge in [-0.3, -0.25) is 14.4 Å². The van der Waals surface area contributed by atoms with Crippen LogP contribution in [0.15, 0.2) is 30.3 Å². The van der Waals surface area contributed by atoms with E-state index in [1.54, 1.807) is 0 Å². The van der Waals surface area contributed by atoms with Crippen molar-refractivity contribution in [2.24, 2.45) is 11.7 Å². The van der Waals surface area contributed by atoms with Crippen LogP contribution in [0.2, 0.25) is 0 Å². The van der Waals surface area contributed by atoms with Gasteiger partial charge in [0.25, 0.3) is 0 Å². The topological polar surface area (TPSA) is 148 Å². The molecule has 0 spiro atoms. The van der Waals surface area contributed by atoms with E-state index in [1.807, 2.05) is 30.3 Å². The number of amides is 3. The molecule has 1 aromatic rings. The van der Waals surface area contributed by atoms with Crippen LogP contribution in [-0.2, 0) is 25.7 Å². The molecule has 1 aliphatic rings. The lowest BCUT2D eigenvalue weighted by Gasteiger charge is -2.28. The Morgan fingerprint density at radius 1 is 1.24 bits per heavy atom. The quantitative estimate of drug-likeness (QED) is 0.467. The van der Waals surface area contributed by atoms with Crippen LogP contribution >= 0.6 is 0 Å². The van der Waals surface area contributed by atoms with Gasteiger partial charge in [-0.25, -0.2) is 4.79 Å². The molecule has 1 fully saturated rings. The highest BCUT2D eigenvalue weighted by atomic mass is 16.5. The third kappa shape index (κ3) is 7.90. The highest BCUT2D eigenvalue weighted by molar-refractivity contribution is 5.88. The summed E-state index contributed by atoms with van der Waals surface area (Å²) in [6, 6.07) is 8.15. The van der Waals surface area contributed by atoms with Gasteiger partial charge in [-0.05, 0) is 24.3 Å². The average molecular weight is 405 g/mol. The predicted octanol–water partition coefficient (Wildman–Crippen LogP) is 0.393. The van der Waals surface area contributed by atoms with Crippen molar-refractivity contribution >= 4 is 23.7 Å². The number of nitrogens with one attached hydrogen (secondary N) is 2. The SMILES string of the molecule is NC(=O)[C@H](NC(=O)C[C@H](O)CNC(=O)OCc1ccccc1)[C@H]1CCCC(=O)C1. The molecule has 29 heavy (non-hydrogen) atoms. The molecule has 9 heteroatoms. The van der Waals surface area contributed by atoms with Gasteiger partial charge in [-0.1, -0.05) is 30.3 Å².